The van der Waals surface area contributed by atoms with Crippen molar-refractivity contribution in [1.82, 2.24) is 9.80 Å². The molecule has 0 spiro atoms. The summed E-state index contributed by atoms with van der Waals surface area (Å²) in [5, 5.41) is 10.8. The summed E-state index contributed by atoms with van der Waals surface area (Å²) in [5.41, 5.74) is 1.18. The van der Waals surface area contributed by atoms with Crippen LogP contribution in [-0.2, 0) is 16.6 Å². The number of nitrogens with one attached hydrogen (secondary N) is 1. The lowest BCUT2D eigenvalue weighted by Crippen LogP contribution is -2.49. The van der Waals surface area contributed by atoms with Gasteiger partial charge in [0.2, 0.25) is 0 Å². The number of rotatable bonds is 9. The zero-order valence-electron chi connectivity index (χ0n) is 22.9. The second kappa shape index (κ2) is 13.0. The third-order valence-corrected chi connectivity index (χ3v) is 9.11. The molecule has 3 aromatic carbocycles. The van der Waals surface area contributed by atoms with Crippen LogP contribution in [0.25, 0.3) is 0 Å². The number of hydrogen-bond donors (Lipinski definition) is 2. The Hall–Kier alpha value is -2.89. The fourth-order valence-corrected chi connectivity index (χ4v) is 6.06. The van der Waals surface area contributed by atoms with E-state index in [9.17, 15) is 22.7 Å². The predicted octanol–water partition coefficient (Wildman–Crippen LogP) is 5.29. The fraction of sp³-hybridized carbons (Fsp3) is 0.345. The number of para-hydroxylation sites is 1. The lowest BCUT2D eigenvalue weighted by Gasteiger charge is -2.38. The number of ether oxygens (including phenoxy) is 1. The lowest BCUT2D eigenvalue weighted by atomic mass is 9.99. The molecule has 3 aromatic rings. The Labute approximate surface area is 249 Å². The number of aliphatic hydroxyl groups is 1. The maximum absolute atomic E-state index is 13.7. The first kappa shape index (κ1) is 31.1. The largest absolute Gasteiger partial charge is 0.486 e. The van der Waals surface area contributed by atoms with Crippen molar-refractivity contribution in [2.24, 2.45) is 5.92 Å². The van der Waals surface area contributed by atoms with Crippen LogP contribution in [0, 0.1) is 11.7 Å². The van der Waals surface area contributed by atoms with E-state index in [0.717, 1.165) is 29.8 Å². The first-order valence-corrected chi connectivity index (χ1v) is 15.3. The van der Waals surface area contributed by atoms with Gasteiger partial charge in [-0.25, -0.2) is 12.8 Å². The quantitative estimate of drug-likeness (QED) is 0.336. The molecule has 2 N–H and O–H groups in total. The van der Waals surface area contributed by atoms with Crippen molar-refractivity contribution in [3.05, 3.63) is 87.7 Å². The third-order valence-electron chi connectivity index (χ3n) is 6.99. The molecule has 220 valence electrons. The number of amides is 1. The van der Waals surface area contributed by atoms with Gasteiger partial charge in [0.25, 0.3) is 15.9 Å². The summed E-state index contributed by atoms with van der Waals surface area (Å²) in [5.74, 6) is -1.07. The molecule has 0 fully saturated rings. The Bertz CT molecular complexity index is 1510. The Morgan fingerprint density at radius 2 is 1.85 bits per heavy atom. The van der Waals surface area contributed by atoms with Crippen LogP contribution in [0.5, 0.6) is 5.75 Å². The van der Waals surface area contributed by atoms with Gasteiger partial charge >= 0.3 is 0 Å². The average molecular weight is 625 g/mol. The van der Waals surface area contributed by atoms with E-state index >= 15 is 0 Å². The molecule has 8 nitrogen and oxygen atoms in total. The second-order valence-electron chi connectivity index (χ2n) is 10.3. The number of benzene rings is 3. The Morgan fingerprint density at radius 3 is 2.51 bits per heavy atom. The van der Waals surface area contributed by atoms with Gasteiger partial charge in [-0.2, -0.15) is 0 Å². The molecule has 0 saturated carbocycles. The number of fused-ring (bicyclic) bond motifs is 1. The standard InChI is InChI=1S/C29H32Cl2FN3O5S/c1-18-14-35(19(2)17-36)29(37)23-5-4-6-26(33-41(38,39)22-10-8-21(32)9-11-22)28(23)40-27(18)16-34(3)15-20-7-12-24(30)25(31)13-20/h4-13,18-19,27,33,36H,14-17H2,1-3H3/t18-,19-,27-/m0/s1. The summed E-state index contributed by atoms with van der Waals surface area (Å²) >= 11 is 12.3. The number of nitrogens with zero attached hydrogens (tertiary/aromatic N) is 2. The summed E-state index contributed by atoms with van der Waals surface area (Å²) in [7, 11) is -2.22. The molecule has 1 aliphatic rings. The normalized spacial score (nSPS) is 18.3. The number of carbonyl (C=O) groups excluding carboxylic acids is 1. The van der Waals surface area contributed by atoms with E-state index in [1.165, 1.54) is 6.07 Å². The Kier molecular flexibility index (Phi) is 9.81. The number of hydrogen-bond acceptors (Lipinski definition) is 6. The molecule has 0 aliphatic carbocycles. The van der Waals surface area contributed by atoms with Crippen molar-refractivity contribution in [2.75, 3.05) is 31.5 Å². The van der Waals surface area contributed by atoms with Crippen LogP contribution in [0.1, 0.15) is 29.8 Å². The smallest absolute Gasteiger partial charge is 0.262 e. The van der Waals surface area contributed by atoms with Gasteiger partial charge in [0.15, 0.2) is 5.75 Å². The number of aliphatic hydroxyl groups excluding tert-OH is 1. The minimum Gasteiger partial charge on any atom is -0.486 e. The molecular weight excluding hydrogens is 592 g/mol. The van der Waals surface area contributed by atoms with Crippen molar-refractivity contribution >= 4 is 44.8 Å². The van der Waals surface area contributed by atoms with E-state index in [0.29, 0.717) is 29.7 Å². The molecule has 1 heterocycles. The van der Waals surface area contributed by atoms with Gasteiger partial charge in [-0.15, -0.1) is 0 Å². The van der Waals surface area contributed by atoms with Gasteiger partial charge in [-0.1, -0.05) is 42.3 Å². The van der Waals surface area contributed by atoms with Crippen LogP contribution in [0.15, 0.2) is 65.6 Å². The highest BCUT2D eigenvalue weighted by molar-refractivity contribution is 7.92. The fourth-order valence-electron chi connectivity index (χ4n) is 4.68. The van der Waals surface area contributed by atoms with Gasteiger partial charge < -0.3 is 14.7 Å². The van der Waals surface area contributed by atoms with Gasteiger partial charge in [-0.05, 0) is 68.1 Å². The van der Waals surface area contributed by atoms with E-state index < -0.39 is 28.0 Å². The number of carbonyl (C=O) groups is 1. The van der Waals surface area contributed by atoms with E-state index in [1.807, 2.05) is 24.9 Å². The summed E-state index contributed by atoms with van der Waals surface area (Å²) in [6, 6.07) is 14.0. The molecule has 12 heteroatoms. The van der Waals surface area contributed by atoms with Crippen molar-refractivity contribution in [1.29, 1.82) is 0 Å². The van der Waals surface area contributed by atoms with Crippen LogP contribution in [0.4, 0.5) is 10.1 Å². The number of anilines is 1. The van der Waals surface area contributed by atoms with Crippen molar-refractivity contribution in [3.63, 3.8) is 0 Å². The highest BCUT2D eigenvalue weighted by Crippen LogP contribution is 2.36. The second-order valence-corrected chi connectivity index (χ2v) is 12.8. The number of halogens is 3. The summed E-state index contributed by atoms with van der Waals surface area (Å²) in [6.07, 6.45) is -0.473. The van der Waals surface area contributed by atoms with E-state index in [1.54, 1.807) is 36.1 Å². The Balaban J connectivity index is 1.70. The molecule has 3 atom stereocenters. The molecule has 1 aliphatic heterocycles. The maximum Gasteiger partial charge on any atom is 0.262 e. The van der Waals surface area contributed by atoms with Crippen LogP contribution >= 0.6 is 23.2 Å². The average Bonchev–Trinajstić information content (AvgIpc) is 2.92. The summed E-state index contributed by atoms with van der Waals surface area (Å²) in [6.45, 7) is 4.72. The van der Waals surface area contributed by atoms with Gasteiger partial charge in [0.1, 0.15) is 11.9 Å². The summed E-state index contributed by atoms with van der Waals surface area (Å²) in [4.78, 5) is 17.1. The van der Waals surface area contributed by atoms with E-state index in [4.69, 9.17) is 27.9 Å². The molecule has 0 bridgehead atoms. The molecule has 0 aromatic heterocycles. The highest BCUT2D eigenvalue weighted by Gasteiger charge is 2.35. The monoisotopic (exact) mass is 623 g/mol. The Morgan fingerprint density at radius 1 is 1.15 bits per heavy atom. The molecule has 4 rings (SSSR count). The van der Waals surface area contributed by atoms with Crippen LogP contribution in [-0.4, -0.2) is 68.1 Å². The van der Waals surface area contributed by atoms with Crippen LogP contribution in [0.3, 0.4) is 0 Å². The van der Waals surface area contributed by atoms with Gasteiger partial charge in [0, 0.05) is 25.6 Å². The highest BCUT2D eigenvalue weighted by atomic mass is 35.5. The van der Waals surface area contributed by atoms with E-state index in [-0.39, 0.29) is 40.3 Å². The van der Waals surface area contributed by atoms with Gasteiger partial charge in [0.05, 0.1) is 38.8 Å². The summed E-state index contributed by atoms with van der Waals surface area (Å²) < 4.78 is 48.8. The predicted molar refractivity (Wildman–Crippen MR) is 158 cm³/mol. The van der Waals surface area contributed by atoms with Gasteiger partial charge in [-0.3, -0.25) is 14.4 Å². The van der Waals surface area contributed by atoms with Crippen LogP contribution in [0.2, 0.25) is 10.0 Å². The third kappa shape index (κ3) is 7.31. The van der Waals surface area contributed by atoms with Crippen LogP contribution < -0.4 is 9.46 Å². The van der Waals surface area contributed by atoms with Crippen molar-refractivity contribution in [3.8, 4) is 5.75 Å². The lowest BCUT2D eigenvalue weighted by molar-refractivity contribution is 0.0344. The molecule has 0 saturated heterocycles. The van der Waals surface area contributed by atoms with Crippen molar-refractivity contribution < 1.29 is 27.4 Å². The zero-order valence-corrected chi connectivity index (χ0v) is 25.2. The molecule has 1 amide bonds. The first-order chi connectivity index (χ1) is 19.4. The first-order valence-electron chi connectivity index (χ1n) is 13.0. The SMILES string of the molecule is C[C@H]1CN([C@@H](C)CO)C(=O)c2cccc(NS(=O)(=O)c3ccc(F)cc3)c2O[C@H]1CN(C)Cc1ccc(Cl)c(Cl)c1. The maximum atomic E-state index is 13.7. The van der Waals surface area contributed by atoms with E-state index in [2.05, 4.69) is 4.72 Å². The topological polar surface area (TPSA) is 99.2 Å². The molecular formula is C29H32Cl2FN3O5S. The molecule has 0 radical (unpaired) electrons. The number of sulfonamides is 1. The van der Waals surface area contributed by atoms with Crippen molar-refractivity contribution in [2.45, 2.75) is 37.4 Å². The minimum absolute atomic E-state index is 0.0722. The molecule has 41 heavy (non-hydrogen) atoms. The number of likely N-dealkylation sites (N-methyl/N-ethyl adjacent to an activating group) is 1. The zero-order chi connectivity index (χ0) is 29.9. The minimum atomic E-state index is -4.13. The molecule has 0 unspecified atom stereocenters.